The average Bonchev–Trinajstić information content (AvgIpc) is 3.02. The number of benzene rings is 1. The molecule has 2 aromatic heterocycles. The minimum absolute atomic E-state index is 0.0478. The van der Waals surface area contributed by atoms with Crippen molar-refractivity contribution in [1.82, 2.24) is 14.9 Å². The Morgan fingerprint density at radius 1 is 1.07 bits per heavy atom. The zero-order valence-corrected chi connectivity index (χ0v) is 16.0. The molecular formula is C22H24N4O2. The van der Waals surface area contributed by atoms with E-state index in [1.54, 1.807) is 6.07 Å². The number of carbonyl (C=O) groups is 1. The van der Waals surface area contributed by atoms with Crippen LogP contribution in [0.5, 0.6) is 0 Å². The summed E-state index contributed by atoms with van der Waals surface area (Å²) < 4.78 is 5.46. The monoisotopic (exact) mass is 376 g/mol. The summed E-state index contributed by atoms with van der Waals surface area (Å²) in [6.07, 6.45) is 1.62. The Hall–Kier alpha value is -2.99. The van der Waals surface area contributed by atoms with E-state index in [-0.39, 0.29) is 5.91 Å². The summed E-state index contributed by atoms with van der Waals surface area (Å²) in [5, 5.41) is 0.993. The van der Waals surface area contributed by atoms with Crippen LogP contribution in [-0.2, 0) is 11.2 Å². The maximum absolute atomic E-state index is 13.0. The van der Waals surface area contributed by atoms with E-state index in [1.165, 1.54) is 0 Å². The number of para-hydroxylation sites is 1. The molecule has 2 N–H and O–H groups in total. The lowest BCUT2D eigenvalue weighted by atomic mass is 9.99. The number of nitrogen functional groups attached to an aromatic ring is 1. The number of aromatic nitrogens is 2. The van der Waals surface area contributed by atoms with Gasteiger partial charge < -0.3 is 15.4 Å². The molecule has 0 aliphatic carbocycles. The number of hydrogen-bond acceptors (Lipinski definition) is 5. The van der Waals surface area contributed by atoms with Crippen LogP contribution in [0.4, 0.5) is 5.82 Å². The van der Waals surface area contributed by atoms with Gasteiger partial charge in [0.2, 0.25) is 0 Å². The minimum atomic E-state index is -0.0478. The van der Waals surface area contributed by atoms with Gasteiger partial charge in [0.15, 0.2) is 0 Å². The number of hydrogen-bond donors (Lipinski definition) is 1. The van der Waals surface area contributed by atoms with E-state index in [0.717, 1.165) is 40.6 Å². The number of fused-ring (bicyclic) bond motifs is 1. The van der Waals surface area contributed by atoms with E-state index >= 15 is 0 Å². The lowest BCUT2D eigenvalue weighted by Crippen LogP contribution is -2.33. The summed E-state index contributed by atoms with van der Waals surface area (Å²) in [5.74, 6) is 0.460. The van der Waals surface area contributed by atoms with Gasteiger partial charge in [0.25, 0.3) is 5.91 Å². The van der Waals surface area contributed by atoms with Crippen molar-refractivity contribution in [2.75, 3.05) is 32.0 Å². The third-order valence-electron chi connectivity index (χ3n) is 5.07. The molecule has 6 heteroatoms. The molecule has 0 spiro atoms. The van der Waals surface area contributed by atoms with Gasteiger partial charge in [0.1, 0.15) is 11.5 Å². The summed E-state index contributed by atoms with van der Waals surface area (Å²) >= 11 is 0. The molecule has 1 aromatic carbocycles. The third kappa shape index (κ3) is 3.55. The van der Waals surface area contributed by atoms with E-state index in [2.05, 4.69) is 11.9 Å². The third-order valence-corrected chi connectivity index (χ3v) is 5.07. The highest BCUT2D eigenvalue weighted by molar-refractivity contribution is 5.99. The van der Waals surface area contributed by atoms with Crippen LogP contribution in [0.1, 0.15) is 29.5 Å². The fourth-order valence-corrected chi connectivity index (χ4v) is 3.63. The van der Waals surface area contributed by atoms with E-state index in [4.69, 9.17) is 15.5 Å². The molecule has 28 heavy (non-hydrogen) atoms. The number of pyridine rings is 2. The van der Waals surface area contributed by atoms with E-state index in [9.17, 15) is 4.79 Å². The zero-order valence-electron chi connectivity index (χ0n) is 16.0. The van der Waals surface area contributed by atoms with Crippen molar-refractivity contribution in [3.05, 3.63) is 53.9 Å². The van der Waals surface area contributed by atoms with Crippen LogP contribution in [-0.4, -0.2) is 47.1 Å². The van der Waals surface area contributed by atoms with Gasteiger partial charge in [-0.25, -0.2) is 9.97 Å². The van der Waals surface area contributed by atoms with Gasteiger partial charge in [-0.2, -0.15) is 0 Å². The van der Waals surface area contributed by atoms with Gasteiger partial charge in [-0.05, 0) is 31.0 Å². The molecule has 3 aromatic rings. The summed E-state index contributed by atoms with van der Waals surface area (Å²) in [7, 11) is 0. The van der Waals surface area contributed by atoms with Crippen LogP contribution in [0, 0.1) is 0 Å². The number of rotatable bonds is 3. The van der Waals surface area contributed by atoms with Gasteiger partial charge in [-0.1, -0.05) is 31.2 Å². The summed E-state index contributed by atoms with van der Waals surface area (Å²) in [6.45, 7) is 4.62. The Morgan fingerprint density at radius 2 is 1.96 bits per heavy atom. The Kier molecular flexibility index (Phi) is 5.21. The smallest absolute Gasteiger partial charge is 0.272 e. The summed E-state index contributed by atoms with van der Waals surface area (Å²) in [5.41, 5.74) is 10.0. The SMILES string of the molecule is CCc1nc(N)ccc1-c1cccc2ccc(C(=O)N3CCCOCC3)nc12. The number of aryl methyl sites for hydroxylation is 1. The second kappa shape index (κ2) is 7.94. The number of carbonyl (C=O) groups excluding carboxylic acids is 1. The fourth-order valence-electron chi connectivity index (χ4n) is 3.63. The topological polar surface area (TPSA) is 81.3 Å². The maximum atomic E-state index is 13.0. The van der Waals surface area contributed by atoms with Crippen molar-refractivity contribution < 1.29 is 9.53 Å². The van der Waals surface area contributed by atoms with Crippen molar-refractivity contribution in [3.8, 4) is 11.1 Å². The fraction of sp³-hybridized carbons (Fsp3) is 0.318. The van der Waals surface area contributed by atoms with Crippen LogP contribution in [0.3, 0.4) is 0 Å². The Bertz CT molecular complexity index is 1010. The van der Waals surface area contributed by atoms with Gasteiger partial charge in [0, 0.05) is 36.2 Å². The van der Waals surface area contributed by atoms with E-state index in [1.807, 2.05) is 41.3 Å². The first-order valence-corrected chi connectivity index (χ1v) is 9.70. The number of nitrogens with zero attached hydrogens (tertiary/aromatic N) is 3. The van der Waals surface area contributed by atoms with Gasteiger partial charge in [0.05, 0.1) is 17.8 Å². The Morgan fingerprint density at radius 3 is 2.82 bits per heavy atom. The number of amides is 1. The molecule has 0 bridgehead atoms. The normalized spacial score (nSPS) is 14.8. The molecule has 6 nitrogen and oxygen atoms in total. The molecule has 3 heterocycles. The molecule has 1 fully saturated rings. The van der Waals surface area contributed by atoms with Gasteiger partial charge >= 0.3 is 0 Å². The predicted octanol–water partition coefficient (Wildman–Crippen LogP) is 3.30. The Balaban J connectivity index is 1.79. The molecule has 0 radical (unpaired) electrons. The van der Waals surface area contributed by atoms with Crippen molar-refractivity contribution in [1.29, 1.82) is 0 Å². The molecule has 1 aliphatic heterocycles. The molecule has 1 amide bonds. The van der Waals surface area contributed by atoms with Crippen LogP contribution in [0.25, 0.3) is 22.0 Å². The minimum Gasteiger partial charge on any atom is -0.384 e. The lowest BCUT2D eigenvalue weighted by molar-refractivity contribution is 0.0736. The zero-order chi connectivity index (χ0) is 19.5. The summed E-state index contributed by atoms with van der Waals surface area (Å²) in [6, 6.07) is 13.6. The van der Waals surface area contributed by atoms with E-state index < -0.39 is 0 Å². The lowest BCUT2D eigenvalue weighted by Gasteiger charge is -2.19. The van der Waals surface area contributed by atoms with Crippen LogP contribution in [0.15, 0.2) is 42.5 Å². The highest BCUT2D eigenvalue weighted by atomic mass is 16.5. The second-order valence-electron chi connectivity index (χ2n) is 6.92. The maximum Gasteiger partial charge on any atom is 0.272 e. The summed E-state index contributed by atoms with van der Waals surface area (Å²) in [4.78, 5) is 24.1. The van der Waals surface area contributed by atoms with E-state index in [0.29, 0.717) is 37.8 Å². The van der Waals surface area contributed by atoms with Crippen molar-refractivity contribution >= 4 is 22.6 Å². The van der Waals surface area contributed by atoms with Gasteiger partial charge in [-0.3, -0.25) is 4.79 Å². The Labute approximate surface area is 164 Å². The first kappa shape index (κ1) is 18.4. The number of nitrogens with two attached hydrogens (primary N) is 1. The molecule has 144 valence electrons. The first-order chi connectivity index (χ1) is 13.7. The first-order valence-electron chi connectivity index (χ1n) is 9.70. The van der Waals surface area contributed by atoms with Crippen molar-refractivity contribution in [2.24, 2.45) is 0 Å². The quantitative estimate of drug-likeness (QED) is 0.758. The van der Waals surface area contributed by atoms with Crippen LogP contribution < -0.4 is 5.73 Å². The molecule has 0 atom stereocenters. The second-order valence-corrected chi connectivity index (χ2v) is 6.92. The number of anilines is 1. The molecule has 0 unspecified atom stereocenters. The van der Waals surface area contributed by atoms with Crippen LogP contribution >= 0.6 is 0 Å². The largest absolute Gasteiger partial charge is 0.384 e. The standard InChI is InChI=1S/C22H24N4O2/c1-2-18-16(8-10-20(23)24-18)17-6-3-5-15-7-9-19(25-21(15)17)22(27)26-11-4-13-28-14-12-26/h3,5-10H,2,4,11-14H2,1H3,(H2,23,24). The predicted molar refractivity (Wildman–Crippen MR) is 110 cm³/mol. The van der Waals surface area contributed by atoms with Crippen molar-refractivity contribution in [3.63, 3.8) is 0 Å². The molecule has 1 aliphatic rings. The molecular weight excluding hydrogens is 352 g/mol. The van der Waals surface area contributed by atoms with Crippen LogP contribution in [0.2, 0.25) is 0 Å². The highest BCUT2D eigenvalue weighted by Gasteiger charge is 2.20. The number of ether oxygens (including phenoxy) is 1. The molecule has 0 saturated carbocycles. The molecule has 1 saturated heterocycles. The molecule has 4 rings (SSSR count). The highest BCUT2D eigenvalue weighted by Crippen LogP contribution is 2.30. The van der Waals surface area contributed by atoms with Gasteiger partial charge in [-0.15, -0.1) is 0 Å². The van der Waals surface area contributed by atoms with Crippen molar-refractivity contribution in [2.45, 2.75) is 19.8 Å². The average molecular weight is 376 g/mol.